The fraction of sp³-hybridized carbons (Fsp3) is 0.375. The Morgan fingerprint density at radius 1 is 1.58 bits per heavy atom. The highest BCUT2D eigenvalue weighted by Gasteiger charge is 2.07. The lowest BCUT2D eigenvalue weighted by molar-refractivity contribution is 0.229. The van der Waals surface area contributed by atoms with Gasteiger partial charge in [0, 0.05) is 12.7 Å². The number of nitrogens with zero attached hydrogens (tertiary/aromatic N) is 1. The quantitative estimate of drug-likeness (QED) is 0.635. The predicted octanol–water partition coefficient (Wildman–Crippen LogP) is 1.63. The molecule has 0 unspecified atom stereocenters. The number of carbonyl (C=O) groups is 1. The standard InChI is InChI=1S/C8H14N2O.FH/c1-5-6(2)7(3)10(4)8(9)11;/h5H,3H2,1-2,4H3,(H2,9,11);1H/b6-5-;. The molecule has 0 aromatic carbocycles. The Morgan fingerprint density at radius 3 is 2.25 bits per heavy atom. The topological polar surface area (TPSA) is 46.3 Å². The maximum Gasteiger partial charge on any atom is 0.318 e. The SMILES string of the molecule is C=C(/C(C)=C\C)N(C)C(N)=O.F. The first-order chi connectivity index (χ1) is 5.00. The number of urea groups is 1. The van der Waals surface area contributed by atoms with Crippen molar-refractivity contribution < 1.29 is 9.50 Å². The Bertz CT molecular complexity index is 211. The Morgan fingerprint density at radius 2 is 2.00 bits per heavy atom. The number of rotatable bonds is 2. The maximum atomic E-state index is 10.6. The third-order valence-electron chi connectivity index (χ3n) is 1.62. The minimum Gasteiger partial charge on any atom is -0.351 e. The molecule has 12 heavy (non-hydrogen) atoms. The third-order valence-corrected chi connectivity index (χ3v) is 1.62. The second-order valence-corrected chi connectivity index (χ2v) is 2.32. The maximum absolute atomic E-state index is 10.6. The highest BCUT2D eigenvalue weighted by molar-refractivity contribution is 5.74. The Balaban J connectivity index is 0. The molecule has 70 valence electrons. The first-order valence-corrected chi connectivity index (χ1v) is 3.36. The van der Waals surface area contributed by atoms with E-state index in [0.29, 0.717) is 5.70 Å². The number of nitrogens with two attached hydrogens (primary N) is 1. The van der Waals surface area contributed by atoms with Gasteiger partial charge in [-0.15, -0.1) is 0 Å². The van der Waals surface area contributed by atoms with Gasteiger partial charge in [0.25, 0.3) is 0 Å². The summed E-state index contributed by atoms with van der Waals surface area (Å²) in [6.45, 7) is 7.46. The molecule has 0 aliphatic carbocycles. The fourth-order valence-electron chi connectivity index (χ4n) is 0.564. The van der Waals surface area contributed by atoms with E-state index < -0.39 is 6.03 Å². The largest absolute Gasteiger partial charge is 0.351 e. The van der Waals surface area contributed by atoms with Gasteiger partial charge < -0.3 is 5.73 Å². The van der Waals surface area contributed by atoms with Gasteiger partial charge in [-0.1, -0.05) is 12.7 Å². The van der Waals surface area contributed by atoms with Crippen molar-refractivity contribution in [1.82, 2.24) is 4.90 Å². The average molecular weight is 174 g/mol. The molecule has 0 aliphatic heterocycles. The average Bonchev–Trinajstić information content (AvgIpc) is 2.00. The summed E-state index contributed by atoms with van der Waals surface area (Å²) in [7, 11) is 1.59. The van der Waals surface area contributed by atoms with Crippen molar-refractivity contribution in [2.75, 3.05) is 7.05 Å². The summed E-state index contributed by atoms with van der Waals surface area (Å²) in [6, 6.07) is -0.490. The van der Waals surface area contributed by atoms with Crippen molar-refractivity contribution in [3.05, 3.63) is 23.9 Å². The van der Waals surface area contributed by atoms with Crippen LogP contribution in [0.3, 0.4) is 0 Å². The van der Waals surface area contributed by atoms with E-state index in [1.54, 1.807) is 7.05 Å². The van der Waals surface area contributed by atoms with Crippen molar-refractivity contribution in [1.29, 1.82) is 0 Å². The van der Waals surface area contributed by atoms with E-state index in [2.05, 4.69) is 6.58 Å². The zero-order chi connectivity index (χ0) is 9.02. The van der Waals surface area contributed by atoms with E-state index in [-0.39, 0.29) is 4.70 Å². The monoisotopic (exact) mass is 174 g/mol. The van der Waals surface area contributed by atoms with Gasteiger partial charge in [0.05, 0.1) is 0 Å². The van der Waals surface area contributed by atoms with Crippen molar-refractivity contribution in [2.24, 2.45) is 5.73 Å². The van der Waals surface area contributed by atoms with Crippen molar-refractivity contribution in [3.63, 3.8) is 0 Å². The lowest BCUT2D eigenvalue weighted by Crippen LogP contribution is -2.31. The molecular weight excluding hydrogens is 159 g/mol. The van der Waals surface area contributed by atoms with E-state index >= 15 is 0 Å². The van der Waals surface area contributed by atoms with Gasteiger partial charge in [0.15, 0.2) is 0 Å². The predicted molar refractivity (Wildman–Crippen MR) is 48.4 cm³/mol. The lowest BCUT2D eigenvalue weighted by Gasteiger charge is -2.17. The molecule has 0 saturated carbocycles. The van der Waals surface area contributed by atoms with Gasteiger partial charge in [0.2, 0.25) is 0 Å². The molecule has 4 heteroatoms. The first kappa shape index (κ1) is 13.3. The van der Waals surface area contributed by atoms with E-state index in [4.69, 9.17) is 5.73 Å². The van der Waals surface area contributed by atoms with Crippen LogP contribution in [0.1, 0.15) is 13.8 Å². The van der Waals surface area contributed by atoms with Crippen LogP contribution in [0.5, 0.6) is 0 Å². The Kier molecular flexibility index (Phi) is 5.92. The van der Waals surface area contributed by atoms with Gasteiger partial charge >= 0.3 is 6.03 Å². The van der Waals surface area contributed by atoms with E-state index in [9.17, 15) is 4.79 Å². The van der Waals surface area contributed by atoms with Crippen LogP contribution in [0.25, 0.3) is 0 Å². The fourth-order valence-corrected chi connectivity index (χ4v) is 0.564. The number of allylic oxidation sites excluding steroid dienone is 2. The van der Waals surface area contributed by atoms with Crippen LogP contribution in [0.2, 0.25) is 0 Å². The summed E-state index contributed by atoms with van der Waals surface area (Å²) in [4.78, 5) is 11.9. The van der Waals surface area contributed by atoms with Crippen molar-refractivity contribution in [2.45, 2.75) is 13.8 Å². The smallest absolute Gasteiger partial charge is 0.318 e. The molecule has 2 amide bonds. The minimum absolute atomic E-state index is 0. The second-order valence-electron chi connectivity index (χ2n) is 2.32. The van der Waals surface area contributed by atoms with Crippen LogP contribution in [0.15, 0.2) is 23.9 Å². The molecule has 0 atom stereocenters. The Hall–Kier alpha value is -1.32. The minimum atomic E-state index is -0.490. The number of primary amides is 1. The van der Waals surface area contributed by atoms with E-state index in [1.165, 1.54) is 4.90 Å². The summed E-state index contributed by atoms with van der Waals surface area (Å²) in [6.07, 6.45) is 1.88. The van der Waals surface area contributed by atoms with E-state index in [1.807, 2.05) is 19.9 Å². The molecule has 0 aromatic rings. The second kappa shape index (κ2) is 5.35. The summed E-state index contributed by atoms with van der Waals surface area (Å²) in [5, 5.41) is 0. The molecule has 2 N–H and O–H groups in total. The van der Waals surface area contributed by atoms with Crippen molar-refractivity contribution >= 4 is 6.03 Å². The van der Waals surface area contributed by atoms with Crippen LogP contribution < -0.4 is 5.73 Å². The lowest BCUT2D eigenvalue weighted by atomic mass is 10.2. The number of likely N-dealkylation sites (N-methyl/N-ethyl adjacent to an activating group) is 1. The summed E-state index contributed by atoms with van der Waals surface area (Å²) in [5.41, 5.74) is 6.62. The van der Waals surface area contributed by atoms with E-state index in [0.717, 1.165) is 5.57 Å². The van der Waals surface area contributed by atoms with Crippen molar-refractivity contribution in [3.8, 4) is 0 Å². The molecule has 0 fully saturated rings. The molecule has 0 aliphatic rings. The highest BCUT2D eigenvalue weighted by atomic mass is 19.0. The summed E-state index contributed by atoms with van der Waals surface area (Å²) >= 11 is 0. The van der Waals surface area contributed by atoms with Crippen LogP contribution in [0, 0.1) is 0 Å². The van der Waals surface area contributed by atoms with Gasteiger partial charge in [-0.2, -0.15) is 0 Å². The molecule has 0 rings (SSSR count). The van der Waals surface area contributed by atoms with Gasteiger partial charge in [-0.25, -0.2) is 4.79 Å². The number of carbonyl (C=O) groups excluding carboxylic acids is 1. The molecule has 0 saturated heterocycles. The normalized spacial score (nSPS) is 10.1. The summed E-state index contributed by atoms with van der Waals surface area (Å²) in [5.74, 6) is 0. The zero-order valence-corrected chi connectivity index (χ0v) is 7.63. The number of amides is 2. The number of halogens is 1. The van der Waals surface area contributed by atoms with Crippen LogP contribution in [0.4, 0.5) is 9.50 Å². The molecule has 0 bridgehead atoms. The first-order valence-electron chi connectivity index (χ1n) is 3.36. The third kappa shape index (κ3) is 3.18. The molecular formula is C8H15FN2O. The molecule has 3 nitrogen and oxygen atoms in total. The van der Waals surface area contributed by atoms with Crippen LogP contribution in [-0.2, 0) is 0 Å². The summed E-state index contributed by atoms with van der Waals surface area (Å²) < 4.78 is 0. The van der Waals surface area contributed by atoms with Crippen LogP contribution in [-0.4, -0.2) is 18.0 Å². The molecule has 0 aromatic heterocycles. The number of hydrogen-bond donors (Lipinski definition) is 1. The zero-order valence-electron chi connectivity index (χ0n) is 7.63. The van der Waals surface area contributed by atoms with Gasteiger partial charge in [-0.05, 0) is 19.4 Å². The highest BCUT2D eigenvalue weighted by Crippen LogP contribution is 2.09. The number of hydrogen-bond acceptors (Lipinski definition) is 1. The molecule has 0 heterocycles. The van der Waals surface area contributed by atoms with Gasteiger partial charge in [0.1, 0.15) is 0 Å². The van der Waals surface area contributed by atoms with Crippen LogP contribution >= 0.6 is 0 Å². The Labute approximate surface area is 71.9 Å². The molecule has 0 spiro atoms. The van der Waals surface area contributed by atoms with Gasteiger partial charge in [-0.3, -0.25) is 9.60 Å². The molecule has 0 radical (unpaired) electrons.